The molecule has 1 aromatic rings. The number of Topliss-reactive ketones (excluding diaryl/α,β-unsaturated/α-hetero) is 5. The van der Waals surface area contributed by atoms with Crippen LogP contribution in [-0.4, -0.2) is 76.0 Å². The monoisotopic (exact) mass is 509 g/mol. The van der Waals surface area contributed by atoms with Crippen molar-refractivity contribution in [3.63, 3.8) is 0 Å². The van der Waals surface area contributed by atoms with Gasteiger partial charge in [0.05, 0.1) is 23.2 Å². The Balaban J connectivity index is 2.04. The number of primary amides is 1. The molecule has 2 fully saturated rings. The number of likely N-dealkylation sites (N-methyl/N-ethyl adjacent to an activating group) is 1. The minimum absolute atomic E-state index is 0.0872. The quantitative estimate of drug-likeness (QED) is 0.267. The van der Waals surface area contributed by atoms with E-state index in [0.29, 0.717) is 0 Å². The van der Waals surface area contributed by atoms with Gasteiger partial charge < -0.3 is 22.3 Å². The van der Waals surface area contributed by atoms with Gasteiger partial charge in [0.2, 0.25) is 5.91 Å². The van der Waals surface area contributed by atoms with Crippen molar-refractivity contribution in [2.24, 2.45) is 34.5 Å². The van der Waals surface area contributed by atoms with Crippen molar-refractivity contribution in [3.8, 4) is 11.8 Å². The molecule has 2 unspecified atom stereocenters. The second-order valence-electron chi connectivity index (χ2n) is 10.4. The van der Waals surface area contributed by atoms with E-state index in [-0.39, 0.29) is 35.3 Å². The van der Waals surface area contributed by atoms with Crippen LogP contribution in [0.2, 0.25) is 0 Å². The average molecular weight is 510 g/mol. The standard InChI is InChI=1S/C25H27N5O7/c1-4-12(31)10-5-6-13(32)14-11(10)7-23(28)8-25(29)19(30(2)3)18(34)15(22(27)37)20(35)24(25,9-26)21(36)16(23)17(14)33/h5-6,15-16,19,32H,4,7-8,28-29H2,1-3H3,(H2,27,37)/t15?,16?,19-,23-,24+,25-/m1/s1. The second kappa shape index (κ2) is 8.11. The first kappa shape index (κ1) is 26.3. The predicted molar refractivity (Wildman–Crippen MR) is 126 cm³/mol. The number of rotatable bonds is 4. The molecule has 12 heteroatoms. The van der Waals surface area contributed by atoms with E-state index in [1.807, 2.05) is 0 Å². The molecule has 37 heavy (non-hydrogen) atoms. The Morgan fingerprint density at radius 2 is 1.78 bits per heavy atom. The van der Waals surface area contributed by atoms with Gasteiger partial charge in [-0.3, -0.25) is 33.7 Å². The Morgan fingerprint density at radius 3 is 2.30 bits per heavy atom. The Bertz CT molecular complexity index is 1360. The van der Waals surface area contributed by atoms with Crippen LogP contribution in [-0.2, 0) is 25.6 Å². The summed E-state index contributed by atoms with van der Waals surface area (Å²) in [7, 11) is 2.84. The molecule has 0 spiro atoms. The van der Waals surface area contributed by atoms with Crippen LogP contribution in [0.5, 0.6) is 5.75 Å². The number of fused-ring (bicyclic) bond motifs is 3. The van der Waals surface area contributed by atoms with Gasteiger partial charge in [0.1, 0.15) is 11.7 Å². The number of carbonyl (C=O) groups excluding carboxylic acids is 6. The summed E-state index contributed by atoms with van der Waals surface area (Å²) in [6.45, 7) is 1.61. The number of amides is 1. The molecule has 0 heterocycles. The van der Waals surface area contributed by atoms with Gasteiger partial charge >= 0.3 is 0 Å². The second-order valence-corrected chi connectivity index (χ2v) is 10.4. The summed E-state index contributed by atoms with van der Waals surface area (Å²) >= 11 is 0. The van der Waals surface area contributed by atoms with E-state index in [1.54, 1.807) is 13.0 Å². The number of hydrogen-bond acceptors (Lipinski definition) is 11. The maximum atomic E-state index is 14.2. The zero-order valence-electron chi connectivity index (χ0n) is 20.5. The summed E-state index contributed by atoms with van der Waals surface area (Å²) in [5, 5.41) is 20.9. The number of ketones is 5. The molecule has 1 amide bonds. The van der Waals surface area contributed by atoms with E-state index in [9.17, 15) is 39.1 Å². The SMILES string of the molecule is CCC(=O)c1ccc(O)c2c1C[C@@]1(N)C[C@@]3(N)[C@H](N(C)C)C(=O)C(C(N)=O)C(=O)[C@@]3(C#N)C(=O)C1C2=O. The number of benzene rings is 1. The van der Waals surface area contributed by atoms with Crippen LogP contribution in [0.15, 0.2) is 12.1 Å². The fraction of sp³-hybridized carbons (Fsp3) is 0.480. The van der Waals surface area contributed by atoms with E-state index >= 15 is 0 Å². The molecule has 12 nitrogen and oxygen atoms in total. The molecule has 0 aliphatic heterocycles. The number of carbonyl (C=O) groups is 6. The van der Waals surface area contributed by atoms with Gasteiger partial charge in [-0.1, -0.05) is 6.92 Å². The summed E-state index contributed by atoms with van der Waals surface area (Å²) in [4.78, 5) is 81.0. The van der Waals surface area contributed by atoms with Crippen molar-refractivity contribution in [3.05, 3.63) is 28.8 Å². The number of phenolic OH excluding ortho intramolecular Hbond substituents is 1. The lowest BCUT2D eigenvalue weighted by Gasteiger charge is -2.60. The van der Waals surface area contributed by atoms with Gasteiger partial charge in [-0.05, 0) is 44.6 Å². The molecule has 0 bridgehead atoms. The Hall–Kier alpha value is -3.79. The zero-order valence-corrected chi connectivity index (χ0v) is 20.5. The van der Waals surface area contributed by atoms with Gasteiger partial charge in [-0.2, -0.15) is 5.26 Å². The molecule has 194 valence electrons. The highest BCUT2D eigenvalue weighted by Crippen LogP contribution is 2.56. The Kier molecular flexibility index (Phi) is 5.76. The van der Waals surface area contributed by atoms with Crippen molar-refractivity contribution >= 4 is 34.8 Å². The summed E-state index contributed by atoms with van der Waals surface area (Å²) in [6, 6.07) is 2.66. The highest BCUT2D eigenvalue weighted by Gasteiger charge is 2.78. The van der Waals surface area contributed by atoms with Gasteiger partial charge in [0, 0.05) is 17.5 Å². The van der Waals surface area contributed by atoms with E-state index in [2.05, 4.69) is 0 Å². The van der Waals surface area contributed by atoms with E-state index < -0.39 is 75.6 Å². The largest absolute Gasteiger partial charge is 0.507 e. The molecule has 2 saturated carbocycles. The topological polar surface area (TPSA) is 228 Å². The van der Waals surface area contributed by atoms with Crippen molar-refractivity contribution < 1.29 is 33.9 Å². The van der Waals surface area contributed by atoms with Gasteiger partial charge in [0.15, 0.2) is 40.2 Å². The first-order chi connectivity index (χ1) is 17.1. The third kappa shape index (κ3) is 3.05. The number of phenols is 1. The molecule has 4 rings (SSSR count). The fourth-order valence-corrected chi connectivity index (χ4v) is 6.66. The minimum atomic E-state index is -2.80. The predicted octanol–water partition coefficient (Wildman–Crippen LogP) is -1.60. The fourth-order valence-electron chi connectivity index (χ4n) is 6.66. The van der Waals surface area contributed by atoms with E-state index in [4.69, 9.17) is 17.2 Å². The smallest absolute Gasteiger partial charge is 0.235 e. The normalized spacial score (nSPS) is 34.9. The van der Waals surface area contributed by atoms with E-state index in [1.165, 1.54) is 25.1 Å². The third-order valence-electron chi connectivity index (χ3n) is 8.10. The molecule has 1 aromatic carbocycles. The molecular weight excluding hydrogens is 482 g/mol. The van der Waals surface area contributed by atoms with Crippen molar-refractivity contribution in [1.82, 2.24) is 4.90 Å². The lowest BCUT2D eigenvalue weighted by atomic mass is 9.42. The molecule has 3 aliphatic carbocycles. The maximum Gasteiger partial charge on any atom is 0.235 e. The summed E-state index contributed by atoms with van der Waals surface area (Å²) in [5.74, 6) is -10.7. The Labute approximate surface area is 211 Å². The highest BCUT2D eigenvalue weighted by molar-refractivity contribution is 6.33. The summed E-state index contributed by atoms with van der Waals surface area (Å²) < 4.78 is 0. The molecule has 7 N–H and O–H groups in total. The van der Waals surface area contributed by atoms with Crippen LogP contribution in [0.1, 0.15) is 46.0 Å². The molecule has 0 aromatic heterocycles. The van der Waals surface area contributed by atoms with Crippen molar-refractivity contribution in [2.75, 3.05) is 14.1 Å². The van der Waals surface area contributed by atoms with Gasteiger partial charge in [-0.25, -0.2) is 0 Å². The molecule has 6 atom stereocenters. The van der Waals surface area contributed by atoms with Crippen LogP contribution in [0.4, 0.5) is 0 Å². The first-order valence-corrected chi connectivity index (χ1v) is 11.6. The van der Waals surface area contributed by atoms with Crippen LogP contribution >= 0.6 is 0 Å². The molecule has 0 saturated heterocycles. The lowest BCUT2D eigenvalue weighted by Crippen LogP contribution is -2.85. The number of aromatic hydroxyl groups is 1. The lowest BCUT2D eigenvalue weighted by molar-refractivity contribution is -0.166. The van der Waals surface area contributed by atoms with Crippen molar-refractivity contribution in [1.29, 1.82) is 5.26 Å². The molecular formula is C25H27N5O7. The number of nitrogens with two attached hydrogens (primary N) is 3. The highest BCUT2D eigenvalue weighted by atomic mass is 16.3. The average Bonchev–Trinajstić information content (AvgIpc) is 2.77. The van der Waals surface area contributed by atoms with Gasteiger partial charge in [0.25, 0.3) is 0 Å². The summed E-state index contributed by atoms with van der Waals surface area (Å²) in [6.07, 6.45) is -0.720. The van der Waals surface area contributed by atoms with Crippen LogP contribution < -0.4 is 17.2 Å². The van der Waals surface area contributed by atoms with Crippen LogP contribution in [0, 0.1) is 28.6 Å². The first-order valence-electron chi connectivity index (χ1n) is 11.6. The molecule has 3 aliphatic rings. The number of hydrogen-bond donors (Lipinski definition) is 4. The minimum Gasteiger partial charge on any atom is -0.507 e. The Morgan fingerprint density at radius 1 is 1.16 bits per heavy atom. The third-order valence-corrected chi connectivity index (χ3v) is 8.10. The van der Waals surface area contributed by atoms with Gasteiger partial charge in [-0.15, -0.1) is 0 Å². The maximum absolute atomic E-state index is 14.2. The van der Waals surface area contributed by atoms with E-state index in [0.717, 1.165) is 6.07 Å². The zero-order chi connectivity index (χ0) is 27.8. The van der Waals surface area contributed by atoms with Crippen LogP contribution in [0.25, 0.3) is 0 Å². The summed E-state index contributed by atoms with van der Waals surface area (Å²) in [5.41, 5.74) is 11.9. The number of nitrogens with zero attached hydrogens (tertiary/aromatic N) is 2. The van der Waals surface area contributed by atoms with Crippen molar-refractivity contribution in [2.45, 2.75) is 43.3 Å². The van der Waals surface area contributed by atoms with Crippen LogP contribution in [0.3, 0.4) is 0 Å². The molecule has 0 radical (unpaired) electrons. The number of nitriles is 1.